The summed E-state index contributed by atoms with van der Waals surface area (Å²) in [6, 6.07) is 15.7. The van der Waals surface area contributed by atoms with Crippen molar-refractivity contribution in [2.75, 3.05) is 51.3 Å². The lowest BCUT2D eigenvalue weighted by Gasteiger charge is -2.42. The van der Waals surface area contributed by atoms with Crippen LogP contribution in [0.15, 0.2) is 48.5 Å². The Bertz CT molecular complexity index is 813. The number of aliphatic hydroxyl groups excluding tert-OH is 1. The maximum absolute atomic E-state index is 10.9. The van der Waals surface area contributed by atoms with Crippen LogP contribution in [-0.2, 0) is 0 Å². The molecule has 0 spiro atoms. The molecule has 2 aliphatic rings. The van der Waals surface area contributed by atoms with Crippen LogP contribution < -0.4 is 19.1 Å². The smallest absolute Gasteiger partial charge is 0.167 e. The van der Waals surface area contributed by atoms with Crippen LogP contribution in [0, 0.1) is 0 Å². The van der Waals surface area contributed by atoms with Gasteiger partial charge in [0.2, 0.25) is 0 Å². The zero-order valence-electron chi connectivity index (χ0n) is 16.9. The maximum atomic E-state index is 10.9. The summed E-state index contributed by atoms with van der Waals surface area (Å²) in [6.07, 6.45) is -0.640. The molecule has 0 amide bonds. The van der Waals surface area contributed by atoms with E-state index in [1.54, 1.807) is 7.11 Å². The van der Waals surface area contributed by atoms with Gasteiger partial charge in [-0.3, -0.25) is 4.90 Å². The third-order valence-electron chi connectivity index (χ3n) is 5.64. The predicted molar refractivity (Wildman–Crippen MR) is 116 cm³/mol. The zero-order valence-corrected chi connectivity index (χ0v) is 17.7. The Morgan fingerprint density at radius 1 is 1.03 bits per heavy atom. The summed E-state index contributed by atoms with van der Waals surface area (Å²) in [6.45, 7) is 6.35. The van der Waals surface area contributed by atoms with Gasteiger partial charge in [0.1, 0.15) is 18.5 Å². The Kier molecular flexibility index (Phi) is 6.77. The lowest BCUT2D eigenvalue weighted by Crippen LogP contribution is -2.57. The Labute approximate surface area is 178 Å². The summed E-state index contributed by atoms with van der Waals surface area (Å²) in [5.74, 6) is 2.32. The number of methoxy groups -OCH3 is 1. The fourth-order valence-corrected chi connectivity index (χ4v) is 3.82. The van der Waals surface area contributed by atoms with Crippen molar-refractivity contribution in [2.24, 2.45) is 0 Å². The van der Waals surface area contributed by atoms with Crippen LogP contribution in [-0.4, -0.2) is 68.2 Å². The van der Waals surface area contributed by atoms with Crippen molar-refractivity contribution >= 4 is 18.1 Å². The first-order valence-electron chi connectivity index (χ1n) is 9.78. The van der Waals surface area contributed by atoms with E-state index in [4.69, 9.17) is 14.2 Å². The van der Waals surface area contributed by atoms with Crippen molar-refractivity contribution < 1.29 is 19.3 Å². The molecule has 2 aromatic rings. The fraction of sp³-hybridized carbons (Fsp3) is 0.455. The molecule has 1 N–H and O–H groups in total. The first kappa shape index (κ1) is 21.6. The van der Waals surface area contributed by atoms with Gasteiger partial charge in [-0.25, -0.2) is 0 Å². The molecule has 0 aliphatic carbocycles. The Hall–Kier alpha value is -2.15. The van der Waals surface area contributed by atoms with Crippen molar-refractivity contribution in [3.8, 4) is 17.2 Å². The van der Waals surface area contributed by atoms with E-state index in [1.807, 2.05) is 49.4 Å². The number of β-amino-alcohol motifs (C(OH)–C–C–N with tert-alkyl or cyclic N) is 1. The van der Waals surface area contributed by atoms with Crippen molar-refractivity contribution in [1.29, 1.82) is 0 Å². The van der Waals surface area contributed by atoms with E-state index >= 15 is 0 Å². The lowest BCUT2D eigenvalue weighted by molar-refractivity contribution is -0.0938. The van der Waals surface area contributed by atoms with Gasteiger partial charge >= 0.3 is 0 Å². The molecule has 2 atom stereocenters. The van der Waals surface area contributed by atoms with Gasteiger partial charge in [-0.1, -0.05) is 24.3 Å². The van der Waals surface area contributed by atoms with E-state index < -0.39 is 11.7 Å². The molecule has 0 aromatic heterocycles. The van der Waals surface area contributed by atoms with Crippen LogP contribution in [0.5, 0.6) is 17.2 Å². The zero-order chi connectivity index (χ0) is 19.6. The first-order valence-corrected chi connectivity index (χ1v) is 9.78. The molecule has 1 fully saturated rings. The van der Waals surface area contributed by atoms with Crippen molar-refractivity contribution in [3.05, 3.63) is 48.5 Å². The topological polar surface area (TPSA) is 54.4 Å². The van der Waals surface area contributed by atoms with E-state index in [1.165, 1.54) is 0 Å². The minimum atomic E-state index is -0.756. The molecule has 158 valence electrons. The number of nitrogens with zero attached hydrogens (tertiary/aromatic N) is 2. The van der Waals surface area contributed by atoms with Gasteiger partial charge in [0.25, 0.3) is 0 Å². The highest BCUT2D eigenvalue weighted by molar-refractivity contribution is 5.85. The van der Waals surface area contributed by atoms with Crippen LogP contribution in [0.25, 0.3) is 0 Å². The number of ether oxygens (including phenoxy) is 3. The molecule has 29 heavy (non-hydrogen) atoms. The fourth-order valence-electron chi connectivity index (χ4n) is 3.82. The number of benzene rings is 2. The third-order valence-corrected chi connectivity index (χ3v) is 5.64. The molecule has 0 saturated carbocycles. The largest absolute Gasteiger partial charge is 0.495 e. The van der Waals surface area contributed by atoms with Crippen molar-refractivity contribution in [2.45, 2.75) is 18.6 Å². The van der Waals surface area contributed by atoms with Gasteiger partial charge in [0.15, 0.2) is 17.1 Å². The molecule has 2 aliphatic heterocycles. The monoisotopic (exact) mass is 420 g/mol. The molecule has 2 unspecified atom stereocenters. The van der Waals surface area contributed by atoms with E-state index in [0.717, 1.165) is 43.4 Å². The van der Waals surface area contributed by atoms with E-state index in [0.29, 0.717) is 18.9 Å². The standard InChI is InChI=1S/C22H28N2O4.ClH/c1-22(16-27-19-9-5-6-10-20(19)28-22)21(25)15-23-11-13-24(14-12-23)17-7-3-4-8-18(17)26-2;/h3-10,21,25H,11-16H2,1-2H3;1H. The highest BCUT2D eigenvalue weighted by atomic mass is 35.5. The molecule has 2 heterocycles. The quantitative estimate of drug-likeness (QED) is 0.802. The van der Waals surface area contributed by atoms with Gasteiger partial charge in [0, 0.05) is 32.7 Å². The van der Waals surface area contributed by atoms with Crippen LogP contribution in [0.2, 0.25) is 0 Å². The summed E-state index contributed by atoms with van der Waals surface area (Å²) in [4.78, 5) is 4.62. The van der Waals surface area contributed by atoms with E-state index in [-0.39, 0.29) is 12.4 Å². The predicted octanol–water partition coefficient (Wildman–Crippen LogP) is 2.83. The van der Waals surface area contributed by atoms with Crippen molar-refractivity contribution in [3.63, 3.8) is 0 Å². The Morgan fingerprint density at radius 3 is 2.41 bits per heavy atom. The molecule has 2 aromatic carbocycles. The normalized spacial score (nSPS) is 22.5. The average Bonchev–Trinajstić information content (AvgIpc) is 2.74. The minimum absolute atomic E-state index is 0. The number of hydrogen-bond donors (Lipinski definition) is 1. The van der Waals surface area contributed by atoms with Gasteiger partial charge in [-0.15, -0.1) is 12.4 Å². The van der Waals surface area contributed by atoms with Crippen LogP contribution >= 0.6 is 12.4 Å². The van der Waals surface area contributed by atoms with Crippen LogP contribution in [0.4, 0.5) is 5.69 Å². The summed E-state index contributed by atoms with van der Waals surface area (Å²) in [7, 11) is 1.70. The molecular formula is C22H29ClN2O4. The first-order chi connectivity index (χ1) is 13.6. The van der Waals surface area contributed by atoms with Gasteiger partial charge in [0.05, 0.1) is 12.8 Å². The molecule has 0 radical (unpaired) electrons. The third kappa shape index (κ3) is 4.55. The molecular weight excluding hydrogens is 392 g/mol. The van der Waals surface area contributed by atoms with Gasteiger partial charge < -0.3 is 24.2 Å². The second kappa shape index (κ2) is 9.11. The number of rotatable bonds is 5. The Morgan fingerprint density at radius 2 is 1.69 bits per heavy atom. The van der Waals surface area contributed by atoms with Crippen LogP contribution in [0.3, 0.4) is 0 Å². The number of piperazine rings is 1. The molecule has 7 heteroatoms. The number of anilines is 1. The van der Waals surface area contributed by atoms with Gasteiger partial charge in [-0.2, -0.15) is 0 Å². The minimum Gasteiger partial charge on any atom is -0.495 e. The number of aliphatic hydroxyl groups is 1. The molecule has 6 nitrogen and oxygen atoms in total. The molecule has 4 rings (SSSR count). The second-order valence-electron chi connectivity index (χ2n) is 7.63. The number of para-hydroxylation sites is 4. The number of hydrogen-bond acceptors (Lipinski definition) is 6. The molecule has 0 bridgehead atoms. The van der Waals surface area contributed by atoms with E-state index in [2.05, 4.69) is 15.9 Å². The SMILES string of the molecule is COc1ccccc1N1CCN(CC(O)C2(C)COc3ccccc3O2)CC1.Cl. The number of fused-ring (bicyclic) bond motifs is 1. The molecule has 1 saturated heterocycles. The summed E-state index contributed by atoms with van der Waals surface area (Å²) in [5, 5.41) is 10.9. The van der Waals surface area contributed by atoms with Crippen LogP contribution in [0.1, 0.15) is 6.92 Å². The van der Waals surface area contributed by atoms with Crippen molar-refractivity contribution in [1.82, 2.24) is 4.90 Å². The summed E-state index contributed by atoms with van der Waals surface area (Å²) in [5.41, 5.74) is 0.367. The van der Waals surface area contributed by atoms with Gasteiger partial charge in [-0.05, 0) is 31.2 Å². The second-order valence-corrected chi connectivity index (χ2v) is 7.63. The lowest BCUT2D eigenvalue weighted by atomic mass is 9.97. The maximum Gasteiger partial charge on any atom is 0.167 e. The highest BCUT2D eigenvalue weighted by Gasteiger charge is 2.41. The average molecular weight is 421 g/mol. The summed E-state index contributed by atoms with van der Waals surface area (Å²) < 4.78 is 17.4. The number of halogens is 1. The highest BCUT2D eigenvalue weighted by Crippen LogP contribution is 2.36. The Balaban J connectivity index is 0.00000240. The summed E-state index contributed by atoms with van der Waals surface area (Å²) >= 11 is 0. The van der Waals surface area contributed by atoms with E-state index in [9.17, 15) is 5.11 Å².